The second-order valence-corrected chi connectivity index (χ2v) is 6.21. The lowest BCUT2D eigenvalue weighted by Gasteiger charge is -2.22. The Balaban J connectivity index is 2.00. The van der Waals surface area contributed by atoms with Crippen molar-refractivity contribution in [1.29, 1.82) is 0 Å². The number of Topliss-reactive ketones (excluding diaryl/α,β-unsaturated/α-hetero) is 1. The molecule has 0 spiro atoms. The van der Waals surface area contributed by atoms with Gasteiger partial charge in [0.15, 0.2) is 11.4 Å². The Labute approximate surface area is 150 Å². The minimum atomic E-state index is -2.02. The van der Waals surface area contributed by atoms with Crippen LogP contribution >= 0.6 is 0 Å². The van der Waals surface area contributed by atoms with Gasteiger partial charge in [0.1, 0.15) is 0 Å². The number of rotatable bonds is 6. The number of amides is 1. The number of ketones is 1. The highest BCUT2D eigenvalue weighted by Crippen LogP contribution is 2.43. The van der Waals surface area contributed by atoms with Gasteiger partial charge in [-0.25, -0.2) is 0 Å². The zero-order valence-electron chi connectivity index (χ0n) is 14.2. The number of nitro groups is 1. The molecular formula is C19H18N2O5. The lowest BCUT2D eigenvalue weighted by molar-refractivity contribution is -0.385. The molecule has 1 aliphatic heterocycles. The van der Waals surface area contributed by atoms with Crippen molar-refractivity contribution in [2.45, 2.75) is 25.4 Å². The van der Waals surface area contributed by atoms with E-state index in [1.165, 1.54) is 29.2 Å². The van der Waals surface area contributed by atoms with Gasteiger partial charge in [-0.1, -0.05) is 37.3 Å². The zero-order valence-corrected chi connectivity index (χ0v) is 14.2. The molecule has 1 amide bonds. The molecule has 1 atom stereocenters. The molecule has 0 saturated heterocycles. The van der Waals surface area contributed by atoms with E-state index in [4.69, 9.17) is 0 Å². The molecule has 0 saturated carbocycles. The monoisotopic (exact) mass is 354 g/mol. The van der Waals surface area contributed by atoms with Gasteiger partial charge >= 0.3 is 0 Å². The lowest BCUT2D eigenvalue weighted by Crippen LogP contribution is -2.42. The van der Waals surface area contributed by atoms with Crippen molar-refractivity contribution in [3.8, 4) is 0 Å². The third kappa shape index (κ3) is 2.76. The van der Waals surface area contributed by atoms with Crippen molar-refractivity contribution in [2.75, 3.05) is 11.4 Å². The zero-order chi connectivity index (χ0) is 18.9. The minimum absolute atomic E-state index is 0.120. The fraction of sp³-hybridized carbons (Fsp3) is 0.263. The first kappa shape index (κ1) is 17.8. The smallest absolute Gasteiger partial charge is 0.280 e. The van der Waals surface area contributed by atoms with Gasteiger partial charge in [-0.3, -0.25) is 19.7 Å². The number of para-hydroxylation sites is 2. The van der Waals surface area contributed by atoms with E-state index in [1.54, 1.807) is 24.3 Å². The summed E-state index contributed by atoms with van der Waals surface area (Å²) in [6, 6.07) is 12.3. The second-order valence-electron chi connectivity index (χ2n) is 6.21. The van der Waals surface area contributed by atoms with Gasteiger partial charge in [0, 0.05) is 18.2 Å². The van der Waals surface area contributed by atoms with Gasteiger partial charge in [0.25, 0.3) is 11.6 Å². The maximum Gasteiger partial charge on any atom is 0.280 e. The first-order valence-corrected chi connectivity index (χ1v) is 8.30. The van der Waals surface area contributed by atoms with Crippen LogP contribution in [-0.4, -0.2) is 28.3 Å². The number of carbonyl (C=O) groups excluding carboxylic acids is 2. The molecule has 0 radical (unpaired) electrons. The summed E-state index contributed by atoms with van der Waals surface area (Å²) in [5.41, 5.74) is -1.56. The number of fused-ring (bicyclic) bond motifs is 1. The molecule has 1 N–H and O–H groups in total. The van der Waals surface area contributed by atoms with Crippen LogP contribution in [0, 0.1) is 10.1 Å². The van der Waals surface area contributed by atoms with Crippen LogP contribution in [0.2, 0.25) is 0 Å². The molecule has 1 aliphatic rings. The van der Waals surface area contributed by atoms with Crippen molar-refractivity contribution in [2.24, 2.45) is 0 Å². The normalized spacial score (nSPS) is 18.7. The SMILES string of the molecule is CCCN1C(=O)[C@@](O)(CC(=O)c2ccccc2[N+](=O)[O-])c2ccccc21. The van der Waals surface area contributed by atoms with Gasteiger partial charge in [0.2, 0.25) is 0 Å². The quantitative estimate of drug-likeness (QED) is 0.488. The van der Waals surface area contributed by atoms with E-state index in [0.717, 1.165) is 0 Å². The van der Waals surface area contributed by atoms with Gasteiger partial charge in [-0.15, -0.1) is 0 Å². The predicted molar refractivity (Wildman–Crippen MR) is 95.0 cm³/mol. The molecule has 3 rings (SSSR count). The lowest BCUT2D eigenvalue weighted by atomic mass is 9.88. The van der Waals surface area contributed by atoms with Gasteiger partial charge in [-0.2, -0.15) is 0 Å². The number of hydrogen-bond donors (Lipinski definition) is 1. The maximum atomic E-state index is 12.8. The molecule has 0 bridgehead atoms. The van der Waals surface area contributed by atoms with Crippen LogP contribution in [0.4, 0.5) is 11.4 Å². The van der Waals surface area contributed by atoms with Crippen molar-refractivity contribution in [1.82, 2.24) is 0 Å². The van der Waals surface area contributed by atoms with Crippen LogP contribution in [-0.2, 0) is 10.4 Å². The van der Waals surface area contributed by atoms with E-state index < -0.39 is 28.6 Å². The summed E-state index contributed by atoms with van der Waals surface area (Å²) < 4.78 is 0. The average Bonchev–Trinajstić information content (AvgIpc) is 2.84. The fourth-order valence-corrected chi connectivity index (χ4v) is 3.32. The van der Waals surface area contributed by atoms with Crippen molar-refractivity contribution < 1.29 is 19.6 Å². The molecule has 2 aromatic carbocycles. The van der Waals surface area contributed by atoms with E-state index in [0.29, 0.717) is 24.2 Å². The molecule has 0 fully saturated rings. The van der Waals surface area contributed by atoms with E-state index in [1.807, 2.05) is 6.92 Å². The summed E-state index contributed by atoms with van der Waals surface area (Å²) in [5.74, 6) is -1.23. The molecule has 0 aliphatic carbocycles. The van der Waals surface area contributed by atoms with Crippen LogP contribution in [0.5, 0.6) is 0 Å². The Morgan fingerprint density at radius 3 is 2.54 bits per heavy atom. The summed E-state index contributed by atoms with van der Waals surface area (Å²) in [6.45, 7) is 2.32. The number of nitrogens with zero attached hydrogens (tertiary/aromatic N) is 2. The van der Waals surface area contributed by atoms with E-state index in [2.05, 4.69) is 0 Å². The molecule has 2 aromatic rings. The Hall–Kier alpha value is -3.06. The Kier molecular flexibility index (Phi) is 4.56. The largest absolute Gasteiger partial charge is 0.375 e. The minimum Gasteiger partial charge on any atom is -0.375 e. The van der Waals surface area contributed by atoms with Gasteiger partial charge in [-0.05, 0) is 18.6 Å². The standard InChI is InChI=1S/C19H18N2O5/c1-2-11-20-16-10-6-4-8-14(16)19(24,18(20)23)12-17(22)13-7-3-5-9-15(13)21(25)26/h3-10,24H,2,11-12H2,1H3/t19-/m1/s1. The highest BCUT2D eigenvalue weighted by atomic mass is 16.6. The maximum absolute atomic E-state index is 12.8. The van der Waals surface area contributed by atoms with Crippen LogP contribution in [0.25, 0.3) is 0 Å². The van der Waals surface area contributed by atoms with Crippen LogP contribution in [0.1, 0.15) is 35.7 Å². The molecule has 134 valence electrons. The van der Waals surface area contributed by atoms with Crippen LogP contribution in [0.3, 0.4) is 0 Å². The predicted octanol–water partition coefficient (Wildman–Crippen LogP) is 2.81. The fourth-order valence-electron chi connectivity index (χ4n) is 3.32. The molecular weight excluding hydrogens is 336 g/mol. The van der Waals surface area contributed by atoms with Crippen molar-refractivity contribution in [3.63, 3.8) is 0 Å². The number of hydrogen-bond acceptors (Lipinski definition) is 5. The summed E-state index contributed by atoms with van der Waals surface area (Å²) >= 11 is 0. The molecule has 1 heterocycles. The molecule has 0 unspecified atom stereocenters. The van der Waals surface area contributed by atoms with Gasteiger partial charge < -0.3 is 10.0 Å². The first-order chi connectivity index (χ1) is 12.4. The van der Waals surface area contributed by atoms with E-state index in [9.17, 15) is 24.8 Å². The Morgan fingerprint density at radius 1 is 1.19 bits per heavy atom. The third-order valence-electron chi connectivity index (χ3n) is 4.50. The number of carbonyl (C=O) groups is 2. The summed E-state index contributed by atoms with van der Waals surface area (Å²) in [4.78, 5) is 37.5. The summed E-state index contributed by atoms with van der Waals surface area (Å²) in [5, 5.41) is 22.2. The third-order valence-corrected chi connectivity index (χ3v) is 4.50. The van der Waals surface area contributed by atoms with Crippen LogP contribution in [0.15, 0.2) is 48.5 Å². The van der Waals surface area contributed by atoms with Gasteiger partial charge in [0.05, 0.1) is 22.6 Å². The number of nitro benzene ring substituents is 1. The molecule has 7 heteroatoms. The molecule has 26 heavy (non-hydrogen) atoms. The van der Waals surface area contributed by atoms with E-state index in [-0.39, 0.29) is 11.3 Å². The highest BCUT2D eigenvalue weighted by Gasteiger charge is 2.50. The Bertz CT molecular complexity index is 895. The second kappa shape index (κ2) is 6.68. The number of benzene rings is 2. The first-order valence-electron chi connectivity index (χ1n) is 8.30. The van der Waals surface area contributed by atoms with Crippen molar-refractivity contribution >= 4 is 23.1 Å². The van der Waals surface area contributed by atoms with Crippen molar-refractivity contribution in [3.05, 3.63) is 69.8 Å². The van der Waals surface area contributed by atoms with E-state index >= 15 is 0 Å². The summed E-state index contributed by atoms with van der Waals surface area (Å²) in [6.07, 6.45) is 0.141. The molecule has 7 nitrogen and oxygen atoms in total. The average molecular weight is 354 g/mol. The van der Waals surface area contributed by atoms with Crippen LogP contribution < -0.4 is 4.90 Å². The highest BCUT2D eigenvalue weighted by molar-refractivity contribution is 6.11. The summed E-state index contributed by atoms with van der Waals surface area (Å²) in [7, 11) is 0. The molecule has 0 aromatic heterocycles. The Morgan fingerprint density at radius 2 is 1.85 bits per heavy atom. The number of anilines is 1. The topological polar surface area (TPSA) is 101 Å². The number of aliphatic hydroxyl groups is 1.